The second-order valence-electron chi connectivity index (χ2n) is 1.89. The van der Waals surface area contributed by atoms with Gasteiger partial charge in [0.1, 0.15) is 5.69 Å². The van der Waals surface area contributed by atoms with Crippen LogP contribution in [0.3, 0.4) is 0 Å². The van der Waals surface area contributed by atoms with Crippen LogP contribution in [0.5, 0.6) is 0 Å². The number of rotatable bonds is 1. The number of halogens is 3. The van der Waals surface area contributed by atoms with Crippen LogP contribution in [-0.2, 0) is 4.79 Å². The number of aliphatic imine (C=N–C) groups is 1. The lowest BCUT2D eigenvalue weighted by molar-refractivity contribution is 0.509. The molecule has 62 valence electrons. The van der Waals surface area contributed by atoms with Gasteiger partial charge in [0.15, 0.2) is 11.6 Å². The SMILES string of the molecule is O=C=Nc1c(I)ccc(F)c1F. The molecule has 0 bridgehead atoms. The highest BCUT2D eigenvalue weighted by Crippen LogP contribution is 2.26. The molecule has 2 nitrogen and oxygen atoms in total. The number of hydrogen-bond acceptors (Lipinski definition) is 2. The third-order valence-electron chi connectivity index (χ3n) is 1.18. The van der Waals surface area contributed by atoms with E-state index >= 15 is 0 Å². The van der Waals surface area contributed by atoms with E-state index in [2.05, 4.69) is 4.99 Å². The first-order valence-corrected chi connectivity index (χ1v) is 3.96. The minimum atomic E-state index is -1.12. The second kappa shape index (κ2) is 3.73. The smallest absolute Gasteiger partial charge is 0.211 e. The zero-order chi connectivity index (χ0) is 9.14. The summed E-state index contributed by atoms with van der Waals surface area (Å²) < 4.78 is 25.7. The van der Waals surface area contributed by atoms with E-state index in [4.69, 9.17) is 0 Å². The van der Waals surface area contributed by atoms with Crippen LogP contribution in [0.1, 0.15) is 0 Å². The normalized spacial score (nSPS) is 9.25. The van der Waals surface area contributed by atoms with Gasteiger partial charge in [-0.05, 0) is 34.7 Å². The fourth-order valence-electron chi connectivity index (χ4n) is 0.665. The van der Waals surface area contributed by atoms with Crippen LogP contribution in [0.15, 0.2) is 17.1 Å². The van der Waals surface area contributed by atoms with Crippen molar-refractivity contribution in [1.29, 1.82) is 0 Å². The van der Waals surface area contributed by atoms with E-state index in [1.54, 1.807) is 22.6 Å². The molecule has 0 unspecified atom stereocenters. The van der Waals surface area contributed by atoms with Gasteiger partial charge in [-0.15, -0.1) is 0 Å². The number of carbonyl (C=O) groups excluding carboxylic acids is 1. The summed E-state index contributed by atoms with van der Waals surface area (Å²) >= 11 is 1.75. The highest BCUT2D eigenvalue weighted by molar-refractivity contribution is 14.1. The van der Waals surface area contributed by atoms with E-state index < -0.39 is 11.6 Å². The maximum atomic E-state index is 12.8. The average Bonchev–Trinajstić information content (AvgIpc) is 2.06. The lowest BCUT2D eigenvalue weighted by Gasteiger charge is -1.97. The summed E-state index contributed by atoms with van der Waals surface area (Å²) in [6, 6.07) is 2.30. The fourth-order valence-corrected chi connectivity index (χ4v) is 1.20. The van der Waals surface area contributed by atoms with Crippen LogP contribution in [-0.4, -0.2) is 6.08 Å². The molecule has 1 rings (SSSR count). The van der Waals surface area contributed by atoms with Gasteiger partial charge in [0.25, 0.3) is 0 Å². The maximum absolute atomic E-state index is 12.8. The predicted molar refractivity (Wildman–Crippen MR) is 46.9 cm³/mol. The van der Waals surface area contributed by atoms with Crippen LogP contribution in [0.25, 0.3) is 0 Å². The Morgan fingerprint density at radius 3 is 2.67 bits per heavy atom. The van der Waals surface area contributed by atoms with Gasteiger partial charge in [-0.3, -0.25) is 0 Å². The molecule has 0 aliphatic carbocycles. The van der Waals surface area contributed by atoms with Crippen molar-refractivity contribution < 1.29 is 13.6 Å². The van der Waals surface area contributed by atoms with E-state index in [-0.39, 0.29) is 5.69 Å². The summed E-state index contributed by atoms with van der Waals surface area (Å²) in [5.41, 5.74) is -0.300. The van der Waals surface area contributed by atoms with Crippen LogP contribution in [0.2, 0.25) is 0 Å². The maximum Gasteiger partial charge on any atom is 0.240 e. The van der Waals surface area contributed by atoms with Crippen molar-refractivity contribution in [3.63, 3.8) is 0 Å². The van der Waals surface area contributed by atoms with Gasteiger partial charge >= 0.3 is 0 Å². The number of nitrogens with zero attached hydrogens (tertiary/aromatic N) is 1. The van der Waals surface area contributed by atoms with Crippen LogP contribution in [0.4, 0.5) is 14.5 Å². The van der Waals surface area contributed by atoms with Crippen molar-refractivity contribution in [1.82, 2.24) is 0 Å². The number of hydrogen-bond donors (Lipinski definition) is 0. The Balaban J connectivity index is 3.42. The summed E-state index contributed by atoms with van der Waals surface area (Å²) in [4.78, 5) is 12.8. The molecule has 0 N–H and O–H groups in total. The van der Waals surface area contributed by atoms with Gasteiger partial charge < -0.3 is 0 Å². The molecule has 0 atom stereocenters. The Kier molecular flexibility index (Phi) is 2.88. The second-order valence-corrected chi connectivity index (χ2v) is 3.06. The van der Waals surface area contributed by atoms with Crippen molar-refractivity contribution >= 4 is 34.4 Å². The van der Waals surface area contributed by atoms with Crippen molar-refractivity contribution in [3.8, 4) is 0 Å². The monoisotopic (exact) mass is 281 g/mol. The summed E-state index contributed by atoms with van der Waals surface area (Å²) in [6.45, 7) is 0. The van der Waals surface area contributed by atoms with Crippen molar-refractivity contribution in [2.75, 3.05) is 0 Å². The molecule has 1 aromatic carbocycles. The molecule has 0 radical (unpaired) electrons. The molecule has 12 heavy (non-hydrogen) atoms. The molecule has 0 aromatic heterocycles. The Hall–Kier alpha value is -0.810. The predicted octanol–water partition coefficient (Wildman–Crippen LogP) is 2.54. The van der Waals surface area contributed by atoms with Crippen LogP contribution in [0, 0.1) is 15.2 Å². The van der Waals surface area contributed by atoms with Crippen LogP contribution < -0.4 is 0 Å². The van der Waals surface area contributed by atoms with Gasteiger partial charge in [0, 0.05) is 3.57 Å². The van der Waals surface area contributed by atoms with Crippen molar-refractivity contribution in [2.24, 2.45) is 4.99 Å². The Morgan fingerprint density at radius 1 is 1.42 bits per heavy atom. The first-order chi connectivity index (χ1) is 5.66. The summed E-state index contributed by atoms with van der Waals surface area (Å²) in [5.74, 6) is -2.14. The van der Waals surface area contributed by atoms with Gasteiger partial charge in [0.05, 0.1) is 0 Å². The van der Waals surface area contributed by atoms with Crippen molar-refractivity contribution in [2.45, 2.75) is 0 Å². The van der Waals surface area contributed by atoms with Gasteiger partial charge in [-0.25, -0.2) is 13.6 Å². The third-order valence-corrected chi connectivity index (χ3v) is 2.05. The fraction of sp³-hybridized carbons (Fsp3) is 0. The zero-order valence-corrected chi connectivity index (χ0v) is 7.80. The van der Waals surface area contributed by atoms with Gasteiger partial charge in [0.2, 0.25) is 6.08 Å². The molecule has 0 spiro atoms. The number of benzene rings is 1. The molecule has 0 amide bonds. The Bertz CT molecular complexity index is 361. The molecule has 0 heterocycles. The molecular weight excluding hydrogens is 279 g/mol. The quantitative estimate of drug-likeness (QED) is 0.336. The molecule has 0 fully saturated rings. The van der Waals surface area contributed by atoms with E-state index in [1.807, 2.05) is 0 Å². The first kappa shape index (κ1) is 9.28. The summed E-state index contributed by atoms with van der Waals surface area (Å²) in [5, 5.41) is 0. The minimum Gasteiger partial charge on any atom is -0.211 e. The Morgan fingerprint density at radius 2 is 2.08 bits per heavy atom. The van der Waals surface area contributed by atoms with E-state index in [1.165, 1.54) is 6.07 Å². The molecule has 0 aliphatic rings. The minimum absolute atomic E-state index is 0.300. The molecule has 0 saturated heterocycles. The van der Waals surface area contributed by atoms with E-state index in [0.29, 0.717) is 3.57 Å². The van der Waals surface area contributed by atoms with E-state index in [9.17, 15) is 13.6 Å². The largest absolute Gasteiger partial charge is 0.240 e. The zero-order valence-electron chi connectivity index (χ0n) is 5.64. The Labute approximate surface area is 80.4 Å². The lowest BCUT2D eigenvalue weighted by Crippen LogP contribution is -1.86. The standard InChI is InChI=1S/C7H2F2INO/c8-4-1-2-5(10)7(6(4)9)11-3-12/h1-2H. The van der Waals surface area contributed by atoms with Crippen molar-refractivity contribution in [3.05, 3.63) is 27.3 Å². The molecule has 1 aromatic rings. The summed E-state index contributed by atoms with van der Waals surface area (Å²) in [7, 11) is 0. The molecule has 5 heteroatoms. The molecule has 0 aliphatic heterocycles. The molecule has 0 saturated carbocycles. The average molecular weight is 281 g/mol. The topological polar surface area (TPSA) is 29.4 Å². The van der Waals surface area contributed by atoms with Gasteiger partial charge in [-0.2, -0.15) is 4.99 Å². The van der Waals surface area contributed by atoms with Crippen LogP contribution >= 0.6 is 22.6 Å². The highest BCUT2D eigenvalue weighted by atomic mass is 127. The van der Waals surface area contributed by atoms with Gasteiger partial charge in [-0.1, -0.05) is 0 Å². The molecular formula is C7H2F2INO. The third kappa shape index (κ3) is 1.67. The number of isocyanates is 1. The summed E-state index contributed by atoms with van der Waals surface area (Å²) in [6.07, 6.45) is 1.16. The van der Waals surface area contributed by atoms with E-state index in [0.717, 1.165) is 12.1 Å². The lowest BCUT2D eigenvalue weighted by atomic mass is 10.3. The first-order valence-electron chi connectivity index (χ1n) is 2.88. The highest BCUT2D eigenvalue weighted by Gasteiger charge is 2.10.